The van der Waals surface area contributed by atoms with Crippen molar-refractivity contribution in [1.29, 1.82) is 0 Å². The van der Waals surface area contributed by atoms with Gasteiger partial charge in [-0.25, -0.2) is 13.8 Å². The Hall–Kier alpha value is -2.08. The highest BCUT2D eigenvalue weighted by Crippen LogP contribution is 2.38. The molecule has 0 unspecified atom stereocenters. The number of imidazole rings is 1. The molecule has 1 fully saturated rings. The summed E-state index contributed by atoms with van der Waals surface area (Å²) >= 11 is 1.68. The van der Waals surface area contributed by atoms with Crippen LogP contribution in [-0.4, -0.2) is 22.5 Å². The molecule has 0 N–H and O–H groups in total. The van der Waals surface area contributed by atoms with E-state index >= 15 is 0 Å². The van der Waals surface area contributed by atoms with Crippen LogP contribution in [0, 0.1) is 5.92 Å². The Morgan fingerprint density at radius 2 is 1.77 bits per heavy atom. The molecule has 0 atom stereocenters. The van der Waals surface area contributed by atoms with Crippen LogP contribution in [-0.2, 0) is 12.0 Å². The highest BCUT2D eigenvalue weighted by molar-refractivity contribution is 8.00. The molecular weight excluding hydrogens is 412 g/mol. The summed E-state index contributed by atoms with van der Waals surface area (Å²) in [6, 6.07) is 16.7. The first-order chi connectivity index (χ1) is 14.6. The van der Waals surface area contributed by atoms with E-state index < -0.39 is 5.92 Å². The monoisotopic (exact) mass is 443 g/mol. The van der Waals surface area contributed by atoms with E-state index in [1.165, 1.54) is 4.90 Å². The predicted molar refractivity (Wildman–Crippen MR) is 126 cm³/mol. The molecule has 0 amide bonds. The van der Waals surface area contributed by atoms with E-state index in [1.54, 1.807) is 11.9 Å². The maximum Gasteiger partial charge on any atom is 0.248 e. The van der Waals surface area contributed by atoms with Crippen molar-refractivity contribution in [2.75, 3.05) is 11.4 Å². The number of anilines is 1. The Morgan fingerprint density at radius 3 is 2.42 bits per heavy atom. The van der Waals surface area contributed by atoms with Gasteiger partial charge in [-0.2, -0.15) is 0 Å². The first kappa shape index (κ1) is 22.1. The molecule has 6 heteroatoms. The van der Waals surface area contributed by atoms with Gasteiger partial charge in [0.25, 0.3) is 0 Å². The molecule has 1 aliphatic carbocycles. The van der Waals surface area contributed by atoms with Crippen LogP contribution in [0.3, 0.4) is 0 Å². The summed E-state index contributed by atoms with van der Waals surface area (Å²) in [5, 5.41) is 0. The zero-order valence-electron chi connectivity index (χ0n) is 18.7. The number of benzene rings is 2. The normalized spacial score (nSPS) is 17.2. The summed E-state index contributed by atoms with van der Waals surface area (Å²) in [6.45, 7) is 7.25. The maximum absolute atomic E-state index is 13.6. The maximum atomic E-state index is 13.6. The number of aromatic nitrogens is 2. The van der Waals surface area contributed by atoms with Crippen molar-refractivity contribution in [2.45, 2.75) is 69.2 Å². The summed E-state index contributed by atoms with van der Waals surface area (Å²) in [5.41, 5.74) is 3.01. The van der Waals surface area contributed by atoms with Crippen LogP contribution in [0.1, 0.15) is 52.3 Å². The van der Waals surface area contributed by atoms with Crippen molar-refractivity contribution >= 4 is 28.7 Å². The summed E-state index contributed by atoms with van der Waals surface area (Å²) in [4.78, 5) is 6.19. The SMILES string of the molecule is CN(Sc1ccccc1)c1ccc2c(c1)nc(C(C)(C)C)n2CC1CCC(F)(F)CC1. The number of nitrogens with zero attached hydrogens (tertiary/aromatic N) is 3. The Labute approximate surface area is 188 Å². The molecule has 3 nitrogen and oxygen atoms in total. The average Bonchev–Trinajstić information content (AvgIpc) is 3.08. The van der Waals surface area contributed by atoms with E-state index in [2.05, 4.69) is 67.0 Å². The summed E-state index contributed by atoms with van der Waals surface area (Å²) in [7, 11) is 2.06. The third kappa shape index (κ3) is 5.05. The number of alkyl halides is 2. The number of fused-ring (bicyclic) bond motifs is 1. The minimum Gasteiger partial charge on any atom is -0.327 e. The topological polar surface area (TPSA) is 21.1 Å². The zero-order valence-corrected chi connectivity index (χ0v) is 19.6. The molecule has 2 aromatic carbocycles. The molecule has 0 saturated heterocycles. The number of hydrogen-bond acceptors (Lipinski definition) is 3. The molecule has 1 heterocycles. The van der Waals surface area contributed by atoms with Gasteiger partial charge in [-0.1, -0.05) is 39.0 Å². The van der Waals surface area contributed by atoms with Crippen LogP contribution in [0.15, 0.2) is 53.4 Å². The fourth-order valence-electron chi connectivity index (χ4n) is 4.30. The standard InChI is InChI=1S/C25H31F2N3S/c1-24(2,3)23-28-21-16-19(29(4)31-20-8-6-5-7-9-20)10-11-22(21)30(23)17-18-12-14-25(26,27)15-13-18/h5-11,16,18H,12-15,17H2,1-4H3. The lowest BCUT2D eigenvalue weighted by molar-refractivity contribution is -0.0473. The van der Waals surface area contributed by atoms with Gasteiger partial charge in [0, 0.05) is 42.4 Å². The highest BCUT2D eigenvalue weighted by Gasteiger charge is 2.35. The molecule has 0 aliphatic heterocycles. The molecule has 4 rings (SSSR count). The molecular formula is C25H31F2N3S. The van der Waals surface area contributed by atoms with Crippen LogP contribution in [0.25, 0.3) is 11.0 Å². The van der Waals surface area contributed by atoms with Gasteiger partial charge < -0.3 is 8.87 Å². The highest BCUT2D eigenvalue weighted by atomic mass is 32.2. The second kappa shape index (κ2) is 8.45. The molecule has 1 aliphatic rings. The fraction of sp³-hybridized carbons (Fsp3) is 0.480. The smallest absolute Gasteiger partial charge is 0.248 e. The van der Waals surface area contributed by atoms with Gasteiger partial charge in [0.15, 0.2) is 0 Å². The van der Waals surface area contributed by atoms with Crippen LogP contribution in [0.2, 0.25) is 0 Å². The van der Waals surface area contributed by atoms with Crippen molar-refractivity contribution in [1.82, 2.24) is 9.55 Å². The third-order valence-electron chi connectivity index (χ3n) is 6.03. The van der Waals surface area contributed by atoms with Gasteiger partial charge in [0.2, 0.25) is 5.92 Å². The van der Waals surface area contributed by atoms with E-state index in [4.69, 9.17) is 4.98 Å². The van der Waals surface area contributed by atoms with Crippen molar-refractivity contribution in [3.8, 4) is 0 Å². The second-order valence-electron chi connectivity index (χ2n) is 9.67. The van der Waals surface area contributed by atoms with Gasteiger partial charge in [-0.3, -0.25) is 0 Å². The van der Waals surface area contributed by atoms with Crippen molar-refractivity contribution in [2.24, 2.45) is 5.92 Å². The van der Waals surface area contributed by atoms with E-state index in [0.717, 1.165) is 29.1 Å². The van der Waals surface area contributed by atoms with Gasteiger partial charge >= 0.3 is 0 Å². The molecule has 1 aromatic heterocycles. The summed E-state index contributed by atoms with van der Waals surface area (Å²) in [5.74, 6) is -1.19. The second-order valence-corrected chi connectivity index (χ2v) is 10.9. The van der Waals surface area contributed by atoms with E-state index in [1.807, 2.05) is 18.2 Å². The van der Waals surface area contributed by atoms with Crippen molar-refractivity contribution < 1.29 is 8.78 Å². The van der Waals surface area contributed by atoms with Crippen LogP contribution in [0.4, 0.5) is 14.5 Å². The van der Waals surface area contributed by atoms with E-state index in [0.29, 0.717) is 12.8 Å². The molecule has 1 saturated carbocycles. The lowest BCUT2D eigenvalue weighted by Gasteiger charge is -2.30. The Morgan fingerprint density at radius 1 is 1.10 bits per heavy atom. The van der Waals surface area contributed by atoms with Crippen LogP contribution < -0.4 is 4.31 Å². The lowest BCUT2D eigenvalue weighted by Crippen LogP contribution is -2.28. The predicted octanol–water partition coefficient (Wildman–Crippen LogP) is 7.30. The minimum absolute atomic E-state index is 0.000793. The Bertz CT molecular complexity index is 1030. The fourth-order valence-corrected chi connectivity index (χ4v) is 5.12. The number of rotatable bonds is 5. The van der Waals surface area contributed by atoms with Crippen molar-refractivity contribution in [3.63, 3.8) is 0 Å². The molecule has 31 heavy (non-hydrogen) atoms. The first-order valence-electron chi connectivity index (χ1n) is 11.0. The third-order valence-corrected chi connectivity index (χ3v) is 7.00. The van der Waals surface area contributed by atoms with E-state index in [9.17, 15) is 8.78 Å². The minimum atomic E-state index is -2.49. The van der Waals surface area contributed by atoms with Gasteiger partial charge in [0.05, 0.1) is 11.0 Å². The van der Waals surface area contributed by atoms with Crippen molar-refractivity contribution in [3.05, 3.63) is 54.4 Å². The molecule has 0 radical (unpaired) electrons. The van der Waals surface area contributed by atoms with Crippen LogP contribution >= 0.6 is 11.9 Å². The number of hydrogen-bond donors (Lipinski definition) is 0. The van der Waals surface area contributed by atoms with Gasteiger partial charge in [0.1, 0.15) is 5.82 Å². The molecule has 0 bridgehead atoms. The molecule has 166 valence electrons. The Kier molecular flexibility index (Phi) is 6.03. The van der Waals surface area contributed by atoms with Gasteiger partial charge in [-0.15, -0.1) is 0 Å². The molecule has 0 spiro atoms. The lowest BCUT2D eigenvalue weighted by atomic mass is 9.86. The average molecular weight is 444 g/mol. The Balaban J connectivity index is 1.62. The largest absolute Gasteiger partial charge is 0.327 e. The summed E-state index contributed by atoms with van der Waals surface area (Å²) < 4.78 is 31.7. The van der Waals surface area contributed by atoms with Gasteiger partial charge in [-0.05, 0) is 61.0 Å². The molecule has 3 aromatic rings. The summed E-state index contributed by atoms with van der Waals surface area (Å²) in [6.07, 6.45) is 1.15. The first-order valence-corrected chi connectivity index (χ1v) is 11.8. The quantitative estimate of drug-likeness (QED) is 0.386. The zero-order chi connectivity index (χ0) is 22.2. The van der Waals surface area contributed by atoms with Crippen LogP contribution in [0.5, 0.6) is 0 Å². The van der Waals surface area contributed by atoms with E-state index in [-0.39, 0.29) is 24.2 Å². The number of halogens is 2.